The first-order chi connectivity index (χ1) is 12.9. The highest BCUT2D eigenvalue weighted by atomic mass is 32.2. The van der Waals surface area contributed by atoms with Crippen LogP contribution in [0.2, 0.25) is 0 Å². The van der Waals surface area contributed by atoms with Crippen molar-refractivity contribution in [2.24, 2.45) is 4.99 Å². The Kier molecular flexibility index (Phi) is 5.69. The van der Waals surface area contributed by atoms with Gasteiger partial charge in [-0.15, -0.1) is 0 Å². The molecule has 0 spiro atoms. The maximum atomic E-state index is 12.3. The summed E-state index contributed by atoms with van der Waals surface area (Å²) in [4.78, 5) is 45.4. The van der Waals surface area contributed by atoms with Crippen LogP contribution < -0.4 is 5.32 Å². The van der Waals surface area contributed by atoms with Crippen molar-refractivity contribution in [3.63, 3.8) is 0 Å². The molecule has 2 aliphatic rings. The number of amidine groups is 1. The predicted octanol–water partition coefficient (Wildman–Crippen LogP) is 0.598. The first-order valence-corrected chi connectivity index (χ1v) is 9.67. The molecule has 1 saturated heterocycles. The lowest BCUT2D eigenvalue weighted by molar-refractivity contribution is -0.134. The van der Waals surface area contributed by atoms with E-state index in [9.17, 15) is 14.4 Å². The number of carbonyl (C=O) groups is 3. The summed E-state index contributed by atoms with van der Waals surface area (Å²) in [6.07, 6.45) is 0.334. The lowest BCUT2D eigenvalue weighted by Crippen LogP contribution is -2.63. The van der Waals surface area contributed by atoms with Crippen LogP contribution in [0.3, 0.4) is 0 Å². The zero-order valence-electron chi connectivity index (χ0n) is 15.6. The molecule has 2 unspecified atom stereocenters. The Hall–Kier alpha value is -2.55. The van der Waals surface area contributed by atoms with Gasteiger partial charge in [0.15, 0.2) is 11.2 Å². The Bertz CT molecular complexity index is 770. The average Bonchev–Trinajstić information content (AvgIpc) is 3.00. The molecule has 1 aromatic carbocycles. The minimum absolute atomic E-state index is 0.0882. The molecule has 2 atom stereocenters. The van der Waals surface area contributed by atoms with E-state index >= 15 is 0 Å². The Morgan fingerprint density at radius 3 is 2.56 bits per heavy atom. The second-order valence-corrected chi connectivity index (χ2v) is 7.49. The number of imide groups is 1. The smallest absolute Gasteiger partial charge is 0.327 e. The van der Waals surface area contributed by atoms with E-state index < -0.39 is 12.2 Å². The van der Waals surface area contributed by atoms with Gasteiger partial charge >= 0.3 is 6.03 Å². The molecule has 27 heavy (non-hydrogen) atoms. The lowest BCUT2D eigenvalue weighted by Gasteiger charge is -2.40. The summed E-state index contributed by atoms with van der Waals surface area (Å²) in [7, 11) is 4.89. The van der Waals surface area contributed by atoms with Crippen molar-refractivity contribution in [3.8, 4) is 0 Å². The molecule has 0 aliphatic carbocycles. The second kappa shape index (κ2) is 7.99. The summed E-state index contributed by atoms with van der Waals surface area (Å²) in [5.74, 6) is -0.202. The van der Waals surface area contributed by atoms with Gasteiger partial charge in [-0.05, 0) is 12.0 Å². The van der Waals surface area contributed by atoms with Crippen LogP contribution >= 0.6 is 11.8 Å². The van der Waals surface area contributed by atoms with Crippen LogP contribution in [0, 0.1) is 0 Å². The number of hydrogen-bond donors (Lipinski definition) is 1. The fourth-order valence-corrected chi connectivity index (χ4v) is 4.07. The molecule has 1 fully saturated rings. The highest BCUT2D eigenvalue weighted by Gasteiger charge is 2.49. The summed E-state index contributed by atoms with van der Waals surface area (Å²) in [5, 5.41) is 3.48. The molecule has 0 bridgehead atoms. The first-order valence-electron chi connectivity index (χ1n) is 8.68. The van der Waals surface area contributed by atoms with Crippen LogP contribution in [0.1, 0.15) is 5.56 Å². The largest absolute Gasteiger partial charge is 0.355 e. The fourth-order valence-electron chi connectivity index (χ4n) is 3.21. The summed E-state index contributed by atoms with van der Waals surface area (Å²) < 4.78 is 0. The molecular formula is C18H23N5O3S. The first kappa shape index (κ1) is 19.2. The van der Waals surface area contributed by atoms with Gasteiger partial charge in [-0.2, -0.15) is 0 Å². The standard InChI is InChI=1S/C18H23N5O3S/c1-21-15-14(16(25)23(3)18(26)22(15)2)20-17(21)27-11-13(24)19-10-9-12-7-5-4-6-8-12/h4-8,14-15H,9-11H2,1-3H3,(H,19,24). The maximum Gasteiger partial charge on any atom is 0.327 e. The molecule has 9 heteroatoms. The fraction of sp³-hybridized carbons (Fsp3) is 0.444. The number of aliphatic imine (C=N–C) groups is 1. The van der Waals surface area contributed by atoms with Gasteiger partial charge in [-0.3, -0.25) is 14.5 Å². The molecule has 4 amide bonds. The molecule has 1 N–H and O–H groups in total. The number of nitrogens with zero attached hydrogens (tertiary/aromatic N) is 4. The topological polar surface area (TPSA) is 85.3 Å². The van der Waals surface area contributed by atoms with Crippen molar-refractivity contribution in [3.05, 3.63) is 35.9 Å². The average molecular weight is 389 g/mol. The number of likely N-dealkylation sites (N-methyl/N-ethyl adjacent to an activating group) is 3. The number of urea groups is 1. The number of hydrogen-bond acceptors (Lipinski definition) is 6. The monoisotopic (exact) mass is 389 g/mol. The third-order valence-electron chi connectivity index (χ3n) is 4.71. The zero-order valence-corrected chi connectivity index (χ0v) is 16.4. The van der Waals surface area contributed by atoms with E-state index in [1.807, 2.05) is 30.3 Å². The van der Waals surface area contributed by atoms with Crippen molar-refractivity contribution in [2.75, 3.05) is 33.4 Å². The van der Waals surface area contributed by atoms with Crippen LogP contribution in [0.15, 0.2) is 35.3 Å². The van der Waals surface area contributed by atoms with E-state index in [1.165, 1.54) is 29.3 Å². The molecule has 2 heterocycles. The Balaban J connectivity index is 1.51. The predicted molar refractivity (Wildman–Crippen MR) is 104 cm³/mol. The molecule has 0 aromatic heterocycles. The third kappa shape index (κ3) is 3.92. The quantitative estimate of drug-likeness (QED) is 0.797. The van der Waals surface area contributed by atoms with Crippen LogP contribution in [-0.2, 0) is 16.0 Å². The van der Waals surface area contributed by atoms with Gasteiger partial charge in [0.1, 0.15) is 6.17 Å². The van der Waals surface area contributed by atoms with E-state index in [1.54, 1.807) is 19.0 Å². The summed E-state index contributed by atoms with van der Waals surface area (Å²) in [5.41, 5.74) is 1.17. The highest BCUT2D eigenvalue weighted by Crippen LogP contribution is 2.29. The highest BCUT2D eigenvalue weighted by molar-refractivity contribution is 8.14. The minimum Gasteiger partial charge on any atom is -0.355 e. The number of rotatable bonds is 5. The molecule has 0 saturated carbocycles. The Morgan fingerprint density at radius 2 is 1.85 bits per heavy atom. The normalized spacial score (nSPS) is 22.0. The van der Waals surface area contributed by atoms with E-state index in [-0.39, 0.29) is 23.6 Å². The van der Waals surface area contributed by atoms with Gasteiger partial charge in [0.2, 0.25) is 5.91 Å². The van der Waals surface area contributed by atoms with Gasteiger partial charge in [0, 0.05) is 27.7 Å². The Labute approximate surface area is 162 Å². The lowest BCUT2D eigenvalue weighted by atomic mass is 10.1. The molecule has 1 aromatic rings. The van der Waals surface area contributed by atoms with Crippen LogP contribution in [0.5, 0.6) is 0 Å². The van der Waals surface area contributed by atoms with Crippen LogP contribution in [0.25, 0.3) is 0 Å². The van der Waals surface area contributed by atoms with Crippen LogP contribution in [0.4, 0.5) is 4.79 Å². The van der Waals surface area contributed by atoms with Crippen LogP contribution in [-0.4, -0.2) is 83.4 Å². The summed E-state index contributed by atoms with van der Waals surface area (Å²) in [6.45, 7) is 0.567. The van der Waals surface area contributed by atoms with E-state index in [0.29, 0.717) is 11.7 Å². The van der Waals surface area contributed by atoms with Gasteiger partial charge < -0.3 is 15.1 Å². The molecule has 0 radical (unpaired) electrons. The second-order valence-electron chi connectivity index (χ2n) is 6.55. The van der Waals surface area contributed by atoms with Crippen molar-refractivity contribution >= 4 is 34.8 Å². The van der Waals surface area contributed by atoms with E-state index in [0.717, 1.165) is 11.3 Å². The number of fused-ring (bicyclic) bond motifs is 1. The number of amides is 4. The third-order valence-corrected chi connectivity index (χ3v) is 5.77. The molecular weight excluding hydrogens is 366 g/mol. The van der Waals surface area contributed by atoms with Gasteiger partial charge in [0.05, 0.1) is 5.75 Å². The SMILES string of the molecule is CN1C(=O)C2N=C(SCC(=O)NCCc3ccccc3)N(C)C2N(C)C1=O. The summed E-state index contributed by atoms with van der Waals surface area (Å²) >= 11 is 1.27. The zero-order chi connectivity index (χ0) is 19.6. The van der Waals surface area contributed by atoms with Crippen molar-refractivity contribution < 1.29 is 14.4 Å². The van der Waals surface area contributed by atoms with E-state index in [4.69, 9.17) is 0 Å². The van der Waals surface area contributed by atoms with E-state index in [2.05, 4.69) is 10.3 Å². The molecule has 144 valence electrons. The number of thioether (sulfide) groups is 1. The van der Waals surface area contributed by atoms with Gasteiger partial charge in [-0.25, -0.2) is 9.79 Å². The molecule has 2 aliphatic heterocycles. The minimum atomic E-state index is -0.647. The summed E-state index contributed by atoms with van der Waals surface area (Å²) in [6, 6.07) is 8.96. The van der Waals surface area contributed by atoms with Crippen molar-refractivity contribution in [1.29, 1.82) is 0 Å². The van der Waals surface area contributed by atoms with Gasteiger partial charge in [-0.1, -0.05) is 42.1 Å². The van der Waals surface area contributed by atoms with Crippen molar-refractivity contribution in [2.45, 2.75) is 18.6 Å². The number of nitrogens with one attached hydrogen (secondary N) is 1. The number of benzene rings is 1. The maximum absolute atomic E-state index is 12.3. The van der Waals surface area contributed by atoms with Crippen molar-refractivity contribution in [1.82, 2.24) is 20.0 Å². The Morgan fingerprint density at radius 1 is 1.15 bits per heavy atom. The molecule has 3 rings (SSSR count). The number of carbonyl (C=O) groups excluding carboxylic acids is 3. The van der Waals surface area contributed by atoms with Gasteiger partial charge in [0.25, 0.3) is 5.91 Å². The molecule has 8 nitrogen and oxygen atoms in total.